The van der Waals surface area contributed by atoms with E-state index in [2.05, 4.69) is 9.62 Å². The molecule has 1 heterocycles. The first-order valence-electron chi connectivity index (χ1n) is 9.58. The molecule has 2 aromatic rings. The largest absolute Gasteiger partial charge is 0.368 e. The molecule has 1 saturated heterocycles. The molecule has 30 heavy (non-hydrogen) atoms. The van der Waals surface area contributed by atoms with Crippen molar-refractivity contribution in [3.05, 3.63) is 64.2 Å². The summed E-state index contributed by atoms with van der Waals surface area (Å²) in [5.74, 6) is -0.154. The lowest BCUT2D eigenvalue weighted by Gasteiger charge is -2.36. The van der Waals surface area contributed by atoms with Gasteiger partial charge < -0.3 is 9.80 Å². The molecular weight excluding hydrogens is 408 g/mol. The van der Waals surface area contributed by atoms with Gasteiger partial charge in [-0.2, -0.15) is 0 Å². The molecule has 0 atom stereocenters. The third-order valence-corrected chi connectivity index (χ3v) is 6.47. The van der Waals surface area contributed by atoms with Crippen LogP contribution in [-0.2, 0) is 10.0 Å². The van der Waals surface area contributed by atoms with Gasteiger partial charge in [-0.05, 0) is 50.2 Å². The molecule has 0 spiro atoms. The van der Waals surface area contributed by atoms with Crippen molar-refractivity contribution in [1.82, 2.24) is 9.62 Å². The van der Waals surface area contributed by atoms with Crippen molar-refractivity contribution in [2.24, 2.45) is 0 Å². The van der Waals surface area contributed by atoms with Crippen LogP contribution in [0.1, 0.15) is 24.2 Å². The average Bonchev–Trinajstić information content (AvgIpc) is 2.72. The lowest BCUT2D eigenvalue weighted by Crippen LogP contribution is -2.48. The van der Waals surface area contributed by atoms with Crippen LogP contribution in [0.2, 0.25) is 0 Å². The van der Waals surface area contributed by atoms with Crippen molar-refractivity contribution < 1.29 is 18.1 Å². The molecule has 0 bridgehead atoms. The molecule has 0 aromatic heterocycles. The second-order valence-electron chi connectivity index (χ2n) is 7.35. The number of non-ortho nitro benzene ring substituents is 1. The van der Waals surface area contributed by atoms with E-state index in [0.717, 1.165) is 5.69 Å². The number of amides is 1. The molecule has 1 aliphatic rings. The molecule has 1 fully saturated rings. The fourth-order valence-corrected chi connectivity index (χ4v) is 4.54. The normalized spacial score (nSPS) is 14.8. The summed E-state index contributed by atoms with van der Waals surface area (Å²) in [6.45, 7) is 5.70. The van der Waals surface area contributed by atoms with Crippen molar-refractivity contribution in [2.75, 3.05) is 31.1 Å². The quantitative estimate of drug-likeness (QED) is 0.553. The monoisotopic (exact) mass is 432 g/mol. The first-order valence-corrected chi connectivity index (χ1v) is 11.1. The minimum Gasteiger partial charge on any atom is -0.368 e. The maximum atomic E-state index is 12.8. The maximum absolute atomic E-state index is 12.8. The lowest BCUT2D eigenvalue weighted by molar-refractivity contribution is -0.384. The molecular formula is C20H24N4O5S. The molecule has 3 rings (SSSR count). The van der Waals surface area contributed by atoms with Gasteiger partial charge in [0.05, 0.1) is 9.82 Å². The number of carbonyl (C=O) groups excluding carboxylic acids is 1. The number of carbonyl (C=O) groups is 1. The van der Waals surface area contributed by atoms with Crippen LogP contribution in [0, 0.1) is 10.1 Å². The summed E-state index contributed by atoms with van der Waals surface area (Å²) < 4.78 is 26.9. The summed E-state index contributed by atoms with van der Waals surface area (Å²) in [4.78, 5) is 27.0. The SMILES string of the molecule is CC(C)NS(=O)(=O)c1ccc(C(=O)N2CCN(c3ccc([N+](=O)[O-])cc3)CC2)cc1. The maximum Gasteiger partial charge on any atom is 0.269 e. The van der Waals surface area contributed by atoms with E-state index >= 15 is 0 Å². The summed E-state index contributed by atoms with van der Waals surface area (Å²) in [7, 11) is -3.60. The number of nitrogens with zero attached hydrogens (tertiary/aromatic N) is 3. The highest BCUT2D eigenvalue weighted by molar-refractivity contribution is 7.89. The van der Waals surface area contributed by atoms with E-state index < -0.39 is 14.9 Å². The van der Waals surface area contributed by atoms with Crippen LogP contribution in [0.5, 0.6) is 0 Å². The summed E-state index contributed by atoms with van der Waals surface area (Å²) >= 11 is 0. The minimum absolute atomic E-state index is 0.0432. The Labute approximate surface area is 175 Å². The third kappa shape index (κ3) is 4.95. The Morgan fingerprint density at radius 3 is 2.07 bits per heavy atom. The zero-order valence-corrected chi connectivity index (χ0v) is 17.6. The number of nitrogens with one attached hydrogen (secondary N) is 1. The number of sulfonamides is 1. The Bertz CT molecular complexity index is 1010. The van der Waals surface area contributed by atoms with E-state index in [1.807, 2.05) is 0 Å². The van der Waals surface area contributed by atoms with Crippen molar-refractivity contribution in [1.29, 1.82) is 0 Å². The highest BCUT2D eigenvalue weighted by atomic mass is 32.2. The number of nitro benzene ring substituents is 1. The highest BCUT2D eigenvalue weighted by Gasteiger charge is 2.23. The summed E-state index contributed by atoms with van der Waals surface area (Å²) in [6.07, 6.45) is 0. The number of rotatable bonds is 6. The van der Waals surface area contributed by atoms with Crippen LogP contribution < -0.4 is 9.62 Å². The second-order valence-corrected chi connectivity index (χ2v) is 9.07. The molecule has 0 aliphatic carbocycles. The summed E-state index contributed by atoms with van der Waals surface area (Å²) in [6, 6.07) is 12.1. The Morgan fingerprint density at radius 1 is 1.00 bits per heavy atom. The van der Waals surface area contributed by atoms with Gasteiger partial charge in [0, 0.05) is 55.6 Å². The smallest absolute Gasteiger partial charge is 0.269 e. The van der Waals surface area contributed by atoms with E-state index in [0.29, 0.717) is 31.7 Å². The second kappa shape index (κ2) is 8.80. The van der Waals surface area contributed by atoms with Gasteiger partial charge in [-0.25, -0.2) is 13.1 Å². The van der Waals surface area contributed by atoms with Gasteiger partial charge in [0.1, 0.15) is 0 Å². The van der Waals surface area contributed by atoms with E-state index in [-0.39, 0.29) is 22.5 Å². The Balaban J connectivity index is 1.62. The standard InChI is InChI=1S/C20H24N4O5S/c1-15(2)21-30(28,29)19-9-3-16(4-10-19)20(25)23-13-11-22(12-14-23)17-5-7-18(8-6-17)24(26)27/h3-10,15,21H,11-14H2,1-2H3. The zero-order valence-electron chi connectivity index (χ0n) is 16.8. The van der Waals surface area contributed by atoms with Crippen LogP contribution in [0.4, 0.5) is 11.4 Å². The molecule has 0 unspecified atom stereocenters. The van der Waals surface area contributed by atoms with Crippen molar-refractivity contribution in [3.63, 3.8) is 0 Å². The molecule has 1 aliphatic heterocycles. The van der Waals surface area contributed by atoms with Gasteiger partial charge >= 0.3 is 0 Å². The van der Waals surface area contributed by atoms with Crippen molar-refractivity contribution in [3.8, 4) is 0 Å². The summed E-state index contributed by atoms with van der Waals surface area (Å²) in [5.41, 5.74) is 1.35. The number of anilines is 1. The number of nitro groups is 1. The first-order chi connectivity index (χ1) is 14.2. The van der Waals surface area contributed by atoms with Crippen molar-refractivity contribution in [2.45, 2.75) is 24.8 Å². The first kappa shape index (κ1) is 21.7. The molecule has 0 saturated carbocycles. The third-order valence-electron chi connectivity index (χ3n) is 4.79. The van der Waals surface area contributed by atoms with Crippen LogP contribution in [0.25, 0.3) is 0 Å². The predicted octanol–water partition coefficient (Wildman–Crippen LogP) is 2.24. The molecule has 1 N–H and O–H groups in total. The fourth-order valence-electron chi connectivity index (χ4n) is 3.29. The lowest BCUT2D eigenvalue weighted by atomic mass is 10.1. The molecule has 10 heteroatoms. The van der Waals surface area contributed by atoms with Gasteiger partial charge in [-0.15, -0.1) is 0 Å². The predicted molar refractivity (Wildman–Crippen MR) is 113 cm³/mol. The molecule has 9 nitrogen and oxygen atoms in total. The Hall–Kier alpha value is -2.98. The average molecular weight is 433 g/mol. The van der Waals surface area contributed by atoms with Gasteiger partial charge in [-0.3, -0.25) is 14.9 Å². The van der Waals surface area contributed by atoms with Gasteiger partial charge in [0.25, 0.3) is 11.6 Å². The van der Waals surface area contributed by atoms with Gasteiger partial charge in [-0.1, -0.05) is 0 Å². The van der Waals surface area contributed by atoms with Crippen molar-refractivity contribution >= 4 is 27.3 Å². The molecule has 1 amide bonds. The molecule has 0 radical (unpaired) electrons. The van der Waals surface area contributed by atoms with Crippen LogP contribution in [0.15, 0.2) is 53.4 Å². The number of hydrogen-bond donors (Lipinski definition) is 1. The minimum atomic E-state index is -3.60. The molecule has 160 valence electrons. The number of hydrogen-bond acceptors (Lipinski definition) is 6. The fraction of sp³-hybridized carbons (Fsp3) is 0.350. The zero-order chi connectivity index (χ0) is 21.9. The van der Waals surface area contributed by atoms with E-state index in [9.17, 15) is 23.3 Å². The van der Waals surface area contributed by atoms with Gasteiger partial charge in [0.2, 0.25) is 10.0 Å². The van der Waals surface area contributed by atoms with E-state index in [1.54, 1.807) is 30.9 Å². The van der Waals surface area contributed by atoms with E-state index in [1.165, 1.54) is 36.4 Å². The number of benzene rings is 2. The number of piperazine rings is 1. The Morgan fingerprint density at radius 2 is 1.57 bits per heavy atom. The topological polar surface area (TPSA) is 113 Å². The summed E-state index contributed by atoms with van der Waals surface area (Å²) in [5, 5.41) is 10.8. The highest BCUT2D eigenvalue weighted by Crippen LogP contribution is 2.21. The van der Waals surface area contributed by atoms with Crippen LogP contribution >= 0.6 is 0 Å². The van der Waals surface area contributed by atoms with Gasteiger partial charge in [0.15, 0.2) is 0 Å². The van der Waals surface area contributed by atoms with Crippen LogP contribution in [0.3, 0.4) is 0 Å². The van der Waals surface area contributed by atoms with Crippen LogP contribution in [-0.4, -0.2) is 56.4 Å². The molecule has 2 aromatic carbocycles. The van der Waals surface area contributed by atoms with E-state index in [4.69, 9.17) is 0 Å². The Kier molecular flexibility index (Phi) is 6.37.